The maximum atomic E-state index is 9.29. The second-order valence-corrected chi connectivity index (χ2v) is 5.03. The normalized spacial score (nSPS) is 12.8. The molecule has 0 aliphatic heterocycles. The van der Waals surface area contributed by atoms with Gasteiger partial charge in [-0.25, -0.2) is 0 Å². The van der Waals surface area contributed by atoms with Gasteiger partial charge in [-0.1, -0.05) is 21.1 Å². The second-order valence-electron chi connectivity index (χ2n) is 3.26. The number of aliphatic hydroxyl groups is 1. The van der Waals surface area contributed by atoms with Crippen molar-refractivity contribution in [2.45, 2.75) is 13.0 Å². The highest BCUT2D eigenvalue weighted by Gasteiger charge is 2.14. The van der Waals surface area contributed by atoms with Crippen molar-refractivity contribution < 1.29 is 9.63 Å². The van der Waals surface area contributed by atoms with E-state index in [1.165, 1.54) is 0 Å². The van der Waals surface area contributed by atoms with Gasteiger partial charge in [-0.2, -0.15) is 4.98 Å². The van der Waals surface area contributed by atoms with Crippen LogP contribution in [0.15, 0.2) is 31.7 Å². The molecule has 0 radical (unpaired) electrons. The predicted octanol–water partition coefficient (Wildman–Crippen LogP) is 3.31. The van der Waals surface area contributed by atoms with Gasteiger partial charge < -0.3 is 9.63 Å². The van der Waals surface area contributed by atoms with Gasteiger partial charge in [0.25, 0.3) is 5.89 Å². The second kappa shape index (κ2) is 4.65. The Hall–Kier alpha value is -0.720. The molecule has 1 aromatic carbocycles. The van der Waals surface area contributed by atoms with Crippen molar-refractivity contribution >= 4 is 31.9 Å². The molecule has 0 amide bonds. The molecule has 0 aliphatic carbocycles. The SMILES string of the molecule is CC(O)c1noc(-c2ccc(Br)cc2Br)n1. The molecule has 84 valence electrons. The van der Waals surface area contributed by atoms with Crippen LogP contribution in [0.5, 0.6) is 0 Å². The smallest absolute Gasteiger partial charge is 0.259 e. The van der Waals surface area contributed by atoms with Gasteiger partial charge in [-0.05, 0) is 41.1 Å². The maximum Gasteiger partial charge on any atom is 0.259 e. The molecule has 1 unspecified atom stereocenters. The first kappa shape index (κ1) is 11.8. The number of benzene rings is 1. The molecule has 1 atom stereocenters. The zero-order valence-electron chi connectivity index (χ0n) is 8.32. The fraction of sp³-hybridized carbons (Fsp3) is 0.200. The fourth-order valence-corrected chi connectivity index (χ4v) is 2.39. The molecule has 0 fully saturated rings. The van der Waals surface area contributed by atoms with Gasteiger partial charge in [0.05, 0.1) is 5.56 Å². The standard InChI is InChI=1S/C10H8Br2N2O2/c1-5(15)9-13-10(16-14-9)7-3-2-6(11)4-8(7)12/h2-5,15H,1H3. The van der Waals surface area contributed by atoms with Crippen molar-refractivity contribution in [3.63, 3.8) is 0 Å². The molecule has 0 spiro atoms. The van der Waals surface area contributed by atoms with Crippen molar-refractivity contribution in [1.29, 1.82) is 0 Å². The van der Waals surface area contributed by atoms with Crippen LogP contribution in [0.25, 0.3) is 11.5 Å². The lowest BCUT2D eigenvalue weighted by molar-refractivity contribution is 0.184. The van der Waals surface area contributed by atoms with E-state index in [4.69, 9.17) is 4.52 Å². The number of aliphatic hydroxyl groups excluding tert-OH is 1. The summed E-state index contributed by atoms with van der Waals surface area (Å²) in [5.74, 6) is 0.667. The molecule has 0 bridgehead atoms. The Morgan fingerprint density at radius 3 is 2.69 bits per heavy atom. The summed E-state index contributed by atoms with van der Waals surface area (Å²) in [5.41, 5.74) is 0.794. The van der Waals surface area contributed by atoms with Crippen molar-refractivity contribution in [3.05, 3.63) is 33.0 Å². The summed E-state index contributed by atoms with van der Waals surface area (Å²) in [7, 11) is 0. The zero-order valence-corrected chi connectivity index (χ0v) is 11.5. The van der Waals surface area contributed by atoms with E-state index in [0.717, 1.165) is 14.5 Å². The number of rotatable bonds is 2. The lowest BCUT2D eigenvalue weighted by Crippen LogP contribution is -1.93. The molecule has 16 heavy (non-hydrogen) atoms. The number of hydrogen-bond donors (Lipinski definition) is 1. The molecule has 4 nitrogen and oxygen atoms in total. The Bertz CT molecular complexity index is 511. The maximum absolute atomic E-state index is 9.29. The van der Waals surface area contributed by atoms with Crippen LogP contribution in [-0.4, -0.2) is 15.2 Å². The van der Waals surface area contributed by atoms with Gasteiger partial charge in [-0.15, -0.1) is 0 Å². The fourth-order valence-electron chi connectivity index (χ4n) is 1.18. The van der Waals surface area contributed by atoms with Crippen LogP contribution < -0.4 is 0 Å². The van der Waals surface area contributed by atoms with Crippen molar-refractivity contribution in [2.75, 3.05) is 0 Å². The van der Waals surface area contributed by atoms with E-state index in [-0.39, 0.29) is 5.82 Å². The van der Waals surface area contributed by atoms with Gasteiger partial charge in [0.15, 0.2) is 5.82 Å². The third-order valence-corrected chi connectivity index (χ3v) is 3.13. The highest BCUT2D eigenvalue weighted by Crippen LogP contribution is 2.30. The van der Waals surface area contributed by atoms with Crippen LogP contribution >= 0.6 is 31.9 Å². The third kappa shape index (κ3) is 2.34. The average molecular weight is 348 g/mol. The Morgan fingerprint density at radius 2 is 2.12 bits per heavy atom. The van der Waals surface area contributed by atoms with E-state index in [1.54, 1.807) is 6.92 Å². The number of aromatic nitrogens is 2. The monoisotopic (exact) mass is 346 g/mol. The Kier molecular flexibility index (Phi) is 3.41. The lowest BCUT2D eigenvalue weighted by atomic mass is 10.2. The molecular weight excluding hydrogens is 340 g/mol. The van der Waals surface area contributed by atoms with E-state index in [9.17, 15) is 5.11 Å². The van der Waals surface area contributed by atoms with Crippen LogP contribution in [0.3, 0.4) is 0 Å². The largest absolute Gasteiger partial charge is 0.385 e. The number of nitrogens with zero attached hydrogens (tertiary/aromatic N) is 2. The van der Waals surface area contributed by atoms with E-state index in [1.807, 2.05) is 18.2 Å². The summed E-state index contributed by atoms with van der Waals surface area (Å²) in [6.45, 7) is 1.59. The molecule has 0 saturated heterocycles. The minimum atomic E-state index is -0.730. The Morgan fingerprint density at radius 1 is 1.38 bits per heavy atom. The van der Waals surface area contributed by atoms with E-state index >= 15 is 0 Å². The van der Waals surface area contributed by atoms with Crippen LogP contribution in [0.4, 0.5) is 0 Å². The Balaban J connectivity index is 2.42. The molecular formula is C10H8Br2N2O2. The van der Waals surface area contributed by atoms with Crippen LogP contribution in [0, 0.1) is 0 Å². The number of hydrogen-bond acceptors (Lipinski definition) is 4. The Labute approximate surface area is 109 Å². The lowest BCUT2D eigenvalue weighted by Gasteiger charge is -1.99. The van der Waals surface area contributed by atoms with E-state index in [2.05, 4.69) is 42.0 Å². The minimum Gasteiger partial charge on any atom is -0.385 e. The first-order valence-corrected chi connectivity index (χ1v) is 6.13. The molecule has 1 heterocycles. The van der Waals surface area contributed by atoms with Gasteiger partial charge in [0.1, 0.15) is 6.10 Å². The molecule has 1 aromatic heterocycles. The van der Waals surface area contributed by atoms with Crippen molar-refractivity contribution in [3.8, 4) is 11.5 Å². The summed E-state index contributed by atoms with van der Waals surface area (Å²) in [5, 5.41) is 13.0. The predicted molar refractivity (Wildman–Crippen MR) is 65.8 cm³/mol. The van der Waals surface area contributed by atoms with Gasteiger partial charge in [0.2, 0.25) is 0 Å². The zero-order chi connectivity index (χ0) is 11.7. The molecule has 0 saturated carbocycles. The average Bonchev–Trinajstić information content (AvgIpc) is 2.66. The van der Waals surface area contributed by atoms with Crippen molar-refractivity contribution in [2.24, 2.45) is 0 Å². The van der Waals surface area contributed by atoms with Crippen LogP contribution in [-0.2, 0) is 0 Å². The summed E-state index contributed by atoms with van der Waals surface area (Å²) in [4.78, 5) is 4.10. The molecule has 6 heteroatoms. The van der Waals surface area contributed by atoms with E-state index < -0.39 is 6.10 Å². The molecule has 2 rings (SSSR count). The minimum absolute atomic E-state index is 0.282. The molecule has 2 aromatic rings. The van der Waals surface area contributed by atoms with Crippen LogP contribution in [0.1, 0.15) is 18.9 Å². The van der Waals surface area contributed by atoms with Gasteiger partial charge >= 0.3 is 0 Å². The summed E-state index contributed by atoms with van der Waals surface area (Å²) >= 11 is 6.77. The highest BCUT2D eigenvalue weighted by atomic mass is 79.9. The topological polar surface area (TPSA) is 59.2 Å². The van der Waals surface area contributed by atoms with Gasteiger partial charge in [-0.3, -0.25) is 0 Å². The highest BCUT2D eigenvalue weighted by molar-refractivity contribution is 9.11. The first-order chi connectivity index (χ1) is 7.58. The summed E-state index contributed by atoms with van der Waals surface area (Å²) in [6.07, 6.45) is -0.730. The van der Waals surface area contributed by atoms with Gasteiger partial charge in [0, 0.05) is 8.95 Å². The molecule has 1 N–H and O–H groups in total. The van der Waals surface area contributed by atoms with Crippen molar-refractivity contribution in [1.82, 2.24) is 10.1 Å². The van der Waals surface area contributed by atoms with Crippen LogP contribution in [0.2, 0.25) is 0 Å². The summed E-state index contributed by atoms with van der Waals surface area (Å²) in [6, 6.07) is 5.63. The molecule has 0 aliphatic rings. The summed E-state index contributed by atoms with van der Waals surface area (Å²) < 4.78 is 6.87. The quantitative estimate of drug-likeness (QED) is 0.905. The number of halogens is 2. The van der Waals surface area contributed by atoms with E-state index in [0.29, 0.717) is 5.89 Å². The first-order valence-electron chi connectivity index (χ1n) is 4.55. The third-order valence-electron chi connectivity index (χ3n) is 1.98.